The van der Waals surface area contributed by atoms with Gasteiger partial charge in [0.25, 0.3) is 0 Å². The van der Waals surface area contributed by atoms with E-state index in [2.05, 4.69) is 104 Å². The van der Waals surface area contributed by atoms with Crippen molar-refractivity contribution in [1.82, 2.24) is 0 Å². The molecule has 13 rings (SSSR count). The molecule has 113 heavy (non-hydrogen) atoms. The number of aliphatic hydroxyl groups excluding tert-OH is 4. The van der Waals surface area contributed by atoms with Gasteiger partial charge in [-0.25, -0.2) is 0 Å². The van der Waals surface area contributed by atoms with Crippen LogP contribution in [0.1, 0.15) is 351 Å². The van der Waals surface area contributed by atoms with Crippen LogP contribution < -0.4 is 28.4 Å². The van der Waals surface area contributed by atoms with E-state index in [1.165, 1.54) is 217 Å². The van der Waals surface area contributed by atoms with E-state index >= 15 is 0 Å². The zero-order valence-corrected chi connectivity index (χ0v) is 72.0. The van der Waals surface area contributed by atoms with Crippen LogP contribution in [0.25, 0.3) is 0 Å². The van der Waals surface area contributed by atoms with Gasteiger partial charge < -0.3 is 48.8 Å². The van der Waals surface area contributed by atoms with Gasteiger partial charge >= 0.3 is 0 Å². The van der Waals surface area contributed by atoms with Crippen molar-refractivity contribution in [3.8, 4) is 34.5 Å². The summed E-state index contributed by atoms with van der Waals surface area (Å²) >= 11 is 0. The lowest BCUT2D eigenvalue weighted by Crippen LogP contribution is -2.19. The topological polar surface area (TPSA) is 136 Å². The number of ether oxygens (including phenoxy) is 6. The van der Waals surface area contributed by atoms with Crippen LogP contribution in [0.4, 0.5) is 0 Å². The van der Waals surface area contributed by atoms with Crippen LogP contribution in [0.15, 0.2) is 146 Å². The second-order valence-electron chi connectivity index (χ2n) is 35.0. The molecule has 7 saturated carbocycles. The molecule has 0 saturated heterocycles. The molecule has 0 aliphatic heterocycles. The molecule has 2 bridgehead atoms. The molecule has 10 heteroatoms. The molecule has 0 radical (unpaired) electrons. The lowest BCUT2D eigenvalue weighted by molar-refractivity contribution is 0.103. The summed E-state index contributed by atoms with van der Waals surface area (Å²) in [6.07, 6.45) is 48.0. The number of aryl methyl sites for hydroxylation is 2. The van der Waals surface area contributed by atoms with Gasteiger partial charge in [0.1, 0.15) is 34.5 Å². The van der Waals surface area contributed by atoms with Crippen molar-refractivity contribution in [3.05, 3.63) is 179 Å². The number of fused-ring (bicyclic) bond motifs is 2. The summed E-state index contributed by atoms with van der Waals surface area (Å²) in [6, 6.07) is 49.1. The van der Waals surface area contributed by atoms with Crippen molar-refractivity contribution < 1.29 is 48.8 Å². The number of rotatable bonds is 37. The fourth-order valence-corrected chi connectivity index (χ4v) is 17.2. The second-order valence-corrected chi connectivity index (χ2v) is 35.0. The van der Waals surface area contributed by atoms with Gasteiger partial charge in [-0.05, 0) is 287 Å². The Morgan fingerprint density at radius 2 is 0.655 bits per heavy atom. The minimum atomic E-state index is -0.391. The van der Waals surface area contributed by atoms with Crippen LogP contribution in [0, 0.1) is 59.2 Å². The minimum absolute atomic E-state index is 0.281. The lowest BCUT2D eigenvalue weighted by Gasteiger charge is -2.25. The Kier molecular flexibility index (Phi) is 44.2. The van der Waals surface area contributed by atoms with Crippen LogP contribution in [0.2, 0.25) is 0 Å². The number of benzene rings is 6. The summed E-state index contributed by atoms with van der Waals surface area (Å²) in [4.78, 5) is 0. The molecule has 7 aliphatic carbocycles. The quantitative estimate of drug-likeness (QED) is 0.0298. The predicted octanol–water partition coefficient (Wildman–Crippen LogP) is 27.5. The van der Waals surface area contributed by atoms with Crippen molar-refractivity contribution in [2.45, 2.75) is 330 Å². The molecule has 6 aromatic carbocycles. The highest BCUT2D eigenvalue weighted by atomic mass is 16.5. The first kappa shape index (κ1) is 92.5. The maximum Gasteiger partial charge on any atom is 0.119 e. The van der Waals surface area contributed by atoms with E-state index in [0.29, 0.717) is 17.8 Å². The van der Waals surface area contributed by atoms with Crippen LogP contribution in [-0.2, 0) is 12.8 Å². The molecule has 8 atom stereocenters. The van der Waals surface area contributed by atoms with Gasteiger partial charge in [0.05, 0.1) is 64.1 Å². The second kappa shape index (κ2) is 54.0. The fraction of sp³-hybridized carbons (Fsp3) is 0.650. The maximum absolute atomic E-state index is 10.5. The van der Waals surface area contributed by atoms with Crippen molar-refractivity contribution in [3.63, 3.8) is 0 Å². The molecule has 5 unspecified atom stereocenters. The van der Waals surface area contributed by atoms with E-state index in [0.717, 1.165) is 177 Å². The van der Waals surface area contributed by atoms with Gasteiger partial charge in [-0.3, -0.25) is 0 Å². The van der Waals surface area contributed by atoms with Gasteiger partial charge in [-0.15, -0.1) is 0 Å². The van der Waals surface area contributed by atoms with E-state index in [1.54, 1.807) is 0 Å². The highest BCUT2D eigenvalue weighted by molar-refractivity contribution is 5.34. The Morgan fingerprint density at radius 3 is 0.991 bits per heavy atom. The largest absolute Gasteiger partial charge is 0.493 e. The summed E-state index contributed by atoms with van der Waals surface area (Å²) in [6.45, 7) is 22.3. The first-order valence-electron chi connectivity index (χ1n) is 46.3. The number of aliphatic hydroxyl groups is 4. The molecule has 0 heterocycles. The summed E-state index contributed by atoms with van der Waals surface area (Å²) < 4.78 is 35.5. The molecular formula is C103H156O10. The molecule has 10 nitrogen and oxygen atoms in total. The molecule has 0 spiro atoms. The Morgan fingerprint density at radius 1 is 0.319 bits per heavy atom. The van der Waals surface area contributed by atoms with E-state index in [4.69, 9.17) is 28.4 Å². The first-order valence-corrected chi connectivity index (χ1v) is 46.3. The molecule has 7 fully saturated rings. The van der Waals surface area contributed by atoms with Gasteiger partial charge in [-0.1, -0.05) is 257 Å². The van der Waals surface area contributed by atoms with E-state index in [1.807, 2.05) is 97.1 Å². The van der Waals surface area contributed by atoms with Gasteiger partial charge in [0.15, 0.2) is 0 Å². The third-order valence-corrected chi connectivity index (χ3v) is 25.5. The van der Waals surface area contributed by atoms with Crippen LogP contribution in [-0.4, -0.2) is 60.1 Å². The summed E-state index contributed by atoms with van der Waals surface area (Å²) in [5.41, 5.74) is 6.74. The summed E-state index contributed by atoms with van der Waals surface area (Å²) in [7, 11) is 0. The molecule has 4 N–H and O–H groups in total. The molecule has 0 aromatic heterocycles. The SMILES string of the molecule is CCC(CC)[C@@H](O)c1cccc(OCC2CCCCC2)c1.CCCC(O)c1cccc(OCC2CC2)c1.CCCC(O)c1cccc(OCC2CC3CCC2C3)c1.CCCCc1cccc(OCC2CCC2)c1.CCCCc1cccc(OCC2CCCCCCC2)c1.CC[C@@H](C)[C@H](O)c1cccc(OCC2CCCCC2)c1. The number of hydrogen-bond donors (Lipinski definition) is 4. The summed E-state index contributed by atoms with van der Waals surface area (Å²) in [5, 5.41) is 40.7. The van der Waals surface area contributed by atoms with Gasteiger partial charge in [0.2, 0.25) is 0 Å². The smallest absolute Gasteiger partial charge is 0.119 e. The fourth-order valence-electron chi connectivity index (χ4n) is 17.2. The maximum atomic E-state index is 10.5. The average Bonchev–Trinajstić information content (AvgIpc) is 1.65. The van der Waals surface area contributed by atoms with Crippen molar-refractivity contribution >= 4 is 0 Å². The molecular weight excluding hydrogens is 1400 g/mol. The van der Waals surface area contributed by atoms with E-state index in [9.17, 15) is 20.4 Å². The van der Waals surface area contributed by atoms with Crippen LogP contribution in [0.3, 0.4) is 0 Å². The van der Waals surface area contributed by atoms with Crippen molar-refractivity contribution in [1.29, 1.82) is 0 Å². The van der Waals surface area contributed by atoms with Crippen molar-refractivity contribution in [2.75, 3.05) is 39.6 Å². The van der Waals surface area contributed by atoms with Gasteiger partial charge in [-0.2, -0.15) is 0 Å². The Labute approximate surface area is 687 Å². The third-order valence-electron chi connectivity index (χ3n) is 25.5. The Bertz CT molecular complexity index is 3410. The normalized spacial score (nSPS) is 19.8. The number of hydrogen-bond acceptors (Lipinski definition) is 10. The summed E-state index contributed by atoms with van der Waals surface area (Å²) in [5.74, 6) is 12.8. The Balaban J connectivity index is 0.000000170. The molecule has 628 valence electrons. The Hall–Kier alpha value is -6.04. The van der Waals surface area contributed by atoms with Crippen molar-refractivity contribution in [2.24, 2.45) is 59.2 Å². The number of unbranched alkanes of at least 4 members (excludes halogenated alkanes) is 2. The highest BCUT2D eigenvalue weighted by Crippen LogP contribution is 2.48. The molecule has 7 aliphatic rings. The highest BCUT2D eigenvalue weighted by Gasteiger charge is 2.40. The molecule has 0 amide bonds. The lowest BCUT2D eigenvalue weighted by atomic mass is 9.86. The predicted molar refractivity (Wildman–Crippen MR) is 470 cm³/mol. The van der Waals surface area contributed by atoms with Crippen LogP contribution >= 0.6 is 0 Å². The third kappa shape index (κ3) is 35.4. The van der Waals surface area contributed by atoms with Crippen LogP contribution in [0.5, 0.6) is 34.5 Å². The van der Waals surface area contributed by atoms with Gasteiger partial charge in [0, 0.05) is 0 Å². The van der Waals surface area contributed by atoms with E-state index in [-0.39, 0.29) is 24.2 Å². The standard InChI is InChI=1S/C19H30O2.C19H30O.C18H26O2.C18H28O2.C15H22O.C14H20O2/c1-3-16(4-2)19(20)17-11-8-12-18(13-17)21-14-15-9-6-5-7-10-15;1-2-3-10-17-13-9-14-19(15-17)20-16-18-11-7-5-4-6-8-12-18;1-2-4-18(19)15-5-3-6-17(11-15)20-12-16-10-13-7-8-14(16)9-13;1-3-14(2)18(19)16-10-7-11-17(12-16)20-13-15-8-5-4-6-9-15;1-2-3-6-13-7-5-10-15(11-13)16-12-14-8-4-9-14;1-2-4-14(15)12-5-3-6-13(9-12)16-10-11-7-8-11/h8,11-13,15-16,19-20H,3-7,9-10,14H2,1-2H3;9,13-15,18H,2-8,10-12,16H2,1H3;3,5-6,11,13-14,16,18-19H,2,4,7-10,12H2,1H3;7,10-12,14-15,18-19H,3-6,8-9,13H2,1-2H3;5,7,10-11,14H,2-4,6,8-9,12H2,1H3;3,5-6,9,11,14-15H,2,4,7-8,10H2,1H3/t19-;;;14-,18+;;/m1..1../s1. The van der Waals surface area contributed by atoms with E-state index < -0.39 is 6.10 Å². The first-order chi connectivity index (χ1) is 55.3. The zero-order chi connectivity index (χ0) is 80.0. The monoisotopic (exact) mass is 1550 g/mol. The zero-order valence-electron chi connectivity index (χ0n) is 72.0. The average molecular weight is 1550 g/mol. The minimum Gasteiger partial charge on any atom is -0.493 e. The molecule has 6 aromatic rings.